The lowest BCUT2D eigenvalue weighted by atomic mass is 10.2. The van der Waals surface area contributed by atoms with Gasteiger partial charge in [-0.3, -0.25) is 9.69 Å². The molecule has 1 unspecified atom stereocenters. The number of carbonyl (C=O) groups excluding carboxylic acids is 1. The number of carbonyl (C=O) groups is 1. The molecule has 2 fully saturated rings. The first-order valence-corrected chi connectivity index (χ1v) is 9.61. The summed E-state index contributed by atoms with van der Waals surface area (Å²) < 4.78 is 5.18. The van der Waals surface area contributed by atoms with Crippen LogP contribution in [0.2, 0.25) is 5.02 Å². The van der Waals surface area contributed by atoms with Gasteiger partial charge in [-0.15, -0.1) is 11.8 Å². The molecule has 7 heteroatoms. The van der Waals surface area contributed by atoms with Gasteiger partial charge >= 0.3 is 0 Å². The van der Waals surface area contributed by atoms with Crippen molar-refractivity contribution in [2.24, 2.45) is 0 Å². The zero-order chi connectivity index (χ0) is 17.6. The number of fused-ring (bicyclic) bond motifs is 1. The highest BCUT2D eigenvalue weighted by Gasteiger charge is 2.50. The van der Waals surface area contributed by atoms with Gasteiger partial charge in [0.15, 0.2) is 5.11 Å². The summed E-state index contributed by atoms with van der Waals surface area (Å²) >= 11 is 13.4. The molecule has 0 bridgehead atoms. The lowest BCUT2D eigenvalue weighted by Gasteiger charge is -2.25. The highest BCUT2D eigenvalue weighted by atomic mass is 35.5. The second-order valence-corrected chi connectivity index (χ2v) is 7.73. The van der Waals surface area contributed by atoms with E-state index in [4.69, 9.17) is 28.6 Å². The maximum Gasteiger partial charge on any atom is 0.257 e. The summed E-state index contributed by atoms with van der Waals surface area (Å²) in [4.78, 5) is 16.6. The van der Waals surface area contributed by atoms with Crippen molar-refractivity contribution in [1.82, 2.24) is 4.90 Å². The topological polar surface area (TPSA) is 32.8 Å². The third kappa shape index (κ3) is 2.78. The summed E-state index contributed by atoms with van der Waals surface area (Å²) in [6.45, 7) is 0. The van der Waals surface area contributed by atoms with Crippen LogP contribution < -0.4 is 9.64 Å². The van der Waals surface area contributed by atoms with E-state index in [0.717, 1.165) is 22.8 Å². The molecule has 2 heterocycles. The number of nitrogens with zero attached hydrogens (tertiary/aromatic N) is 2. The third-order valence-electron chi connectivity index (χ3n) is 4.40. The van der Waals surface area contributed by atoms with Crippen LogP contribution in [0.3, 0.4) is 0 Å². The zero-order valence-electron chi connectivity index (χ0n) is 13.4. The Hall–Kier alpha value is -1.76. The minimum absolute atomic E-state index is 0.0270. The Balaban J connectivity index is 1.65. The van der Waals surface area contributed by atoms with Crippen LogP contribution in [0.4, 0.5) is 5.69 Å². The molecule has 4 nitrogen and oxygen atoms in total. The molecule has 0 saturated carbocycles. The summed E-state index contributed by atoms with van der Waals surface area (Å²) in [5.74, 6) is 1.49. The normalized spacial score (nSPS) is 22.5. The minimum Gasteiger partial charge on any atom is -0.497 e. The highest BCUT2D eigenvalue weighted by molar-refractivity contribution is 7.99. The fourth-order valence-corrected chi connectivity index (χ4v) is 5.19. The first-order chi connectivity index (χ1) is 12.1. The largest absolute Gasteiger partial charge is 0.497 e. The minimum atomic E-state index is -0.222. The maximum absolute atomic E-state index is 12.9. The van der Waals surface area contributed by atoms with Crippen molar-refractivity contribution >= 4 is 52.3 Å². The van der Waals surface area contributed by atoms with Crippen LogP contribution in [0.25, 0.3) is 0 Å². The molecule has 0 aliphatic carbocycles. The Morgan fingerprint density at radius 3 is 2.48 bits per heavy atom. The lowest BCUT2D eigenvalue weighted by Crippen LogP contribution is -2.33. The van der Waals surface area contributed by atoms with Crippen molar-refractivity contribution in [3.63, 3.8) is 0 Å². The molecule has 2 atom stereocenters. The summed E-state index contributed by atoms with van der Waals surface area (Å²) in [6, 6.07) is 14.9. The molecule has 1 amide bonds. The molecule has 0 aromatic heterocycles. The standard InChI is InChI=1S/C18H15ClN2O2S2/c1-23-14-8-6-13(7-9-14)20-16(22)15-10-25-17(21(15)18(20)24)11-2-4-12(19)5-3-11/h2-9,15,17H,10H2,1H3/t15-,17?/m0/s1. The van der Waals surface area contributed by atoms with Gasteiger partial charge < -0.3 is 9.64 Å². The third-order valence-corrected chi connectivity index (χ3v) is 6.37. The maximum atomic E-state index is 12.9. The van der Waals surface area contributed by atoms with E-state index in [1.807, 2.05) is 53.4 Å². The average Bonchev–Trinajstić information content (AvgIpc) is 3.17. The number of benzene rings is 2. The molecule has 2 aliphatic rings. The van der Waals surface area contributed by atoms with Gasteiger partial charge in [0.25, 0.3) is 5.91 Å². The molecule has 128 valence electrons. The van der Waals surface area contributed by atoms with Crippen molar-refractivity contribution in [2.75, 3.05) is 17.8 Å². The molecule has 0 N–H and O–H groups in total. The number of halogens is 1. The molecule has 2 aromatic carbocycles. The SMILES string of the molecule is COc1ccc(N2C(=O)[C@@H]3CSC(c4ccc(Cl)cc4)N3C2=S)cc1. The first-order valence-electron chi connectivity index (χ1n) is 7.77. The quantitative estimate of drug-likeness (QED) is 0.737. The van der Waals surface area contributed by atoms with Crippen LogP contribution in [-0.4, -0.2) is 34.8 Å². The second kappa shape index (κ2) is 6.52. The van der Waals surface area contributed by atoms with Crippen molar-refractivity contribution < 1.29 is 9.53 Å². The summed E-state index contributed by atoms with van der Waals surface area (Å²) in [6.07, 6.45) is 0. The van der Waals surface area contributed by atoms with Crippen molar-refractivity contribution in [3.8, 4) is 5.75 Å². The number of thiocarbonyl (C=S) groups is 1. The molecule has 2 saturated heterocycles. The molecular weight excluding hydrogens is 376 g/mol. The Labute approximate surface area is 160 Å². The van der Waals surface area contributed by atoms with E-state index in [9.17, 15) is 4.79 Å². The van der Waals surface area contributed by atoms with E-state index in [-0.39, 0.29) is 17.3 Å². The predicted octanol–water partition coefficient (Wildman–Crippen LogP) is 4.10. The van der Waals surface area contributed by atoms with Crippen molar-refractivity contribution in [3.05, 3.63) is 59.1 Å². The van der Waals surface area contributed by atoms with Crippen molar-refractivity contribution in [2.45, 2.75) is 11.4 Å². The highest BCUT2D eigenvalue weighted by Crippen LogP contribution is 2.46. The molecule has 0 radical (unpaired) electrons. The fourth-order valence-electron chi connectivity index (χ4n) is 3.14. The number of rotatable bonds is 3. The van der Waals surface area contributed by atoms with Crippen LogP contribution in [0.15, 0.2) is 48.5 Å². The smallest absolute Gasteiger partial charge is 0.257 e. The Bertz CT molecular complexity index is 826. The van der Waals surface area contributed by atoms with E-state index < -0.39 is 0 Å². The second-order valence-electron chi connectivity index (χ2n) is 5.81. The van der Waals surface area contributed by atoms with E-state index >= 15 is 0 Å². The van der Waals surface area contributed by atoms with Gasteiger partial charge in [-0.2, -0.15) is 0 Å². The van der Waals surface area contributed by atoms with E-state index in [2.05, 4.69) is 0 Å². The van der Waals surface area contributed by atoms with E-state index in [1.165, 1.54) is 0 Å². The fraction of sp³-hybridized carbons (Fsp3) is 0.222. The van der Waals surface area contributed by atoms with Gasteiger partial charge in [0.2, 0.25) is 0 Å². The zero-order valence-corrected chi connectivity index (χ0v) is 15.8. The van der Waals surface area contributed by atoms with Crippen LogP contribution in [0, 0.1) is 0 Å². The van der Waals surface area contributed by atoms with Gasteiger partial charge in [-0.05, 0) is 54.2 Å². The lowest BCUT2D eigenvalue weighted by molar-refractivity contribution is -0.119. The number of methoxy groups -OCH3 is 1. The van der Waals surface area contributed by atoms with E-state index in [0.29, 0.717) is 10.1 Å². The monoisotopic (exact) mass is 390 g/mol. The van der Waals surface area contributed by atoms with Gasteiger partial charge in [0.05, 0.1) is 12.8 Å². The molecular formula is C18H15ClN2O2S2. The Morgan fingerprint density at radius 2 is 1.84 bits per heavy atom. The van der Waals surface area contributed by atoms with E-state index in [1.54, 1.807) is 23.8 Å². The van der Waals surface area contributed by atoms with Crippen LogP contribution in [0.1, 0.15) is 10.9 Å². The molecule has 0 spiro atoms. The first kappa shape index (κ1) is 16.7. The Morgan fingerprint density at radius 1 is 1.16 bits per heavy atom. The molecule has 2 aromatic rings. The van der Waals surface area contributed by atoms with Gasteiger partial charge in [0, 0.05) is 10.8 Å². The van der Waals surface area contributed by atoms with Gasteiger partial charge in [-0.25, -0.2) is 0 Å². The number of amides is 1. The van der Waals surface area contributed by atoms with Crippen LogP contribution in [0.5, 0.6) is 5.75 Å². The molecule has 4 rings (SSSR count). The number of thioether (sulfide) groups is 1. The van der Waals surface area contributed by atoms with Crippen molar-refractivity contribution in [1.29, 1.82) is 0 Å². The van der Waals surface area contributed by atoms with Crippen LogP contribution in [-0.2, 0) is 4.79 Å². The summed E-state index contributed by atoms with van der Waals surface area (Å²) in [7, 11) is 1.62. The summed E-state index contributed by atoms with van der Waals surface area (Å²) in [5.41, 5.74) is 1.87. The van der Waals surface area contributed by atoms with Gasteiger partial charge in [-0.1, -0.05) is 23.7 Å². The molecule has 25 heavy (non-hydrogen) atoms. The summed E-state index contributed by atoms with van der Waals surface area (Å²) in [5, 5.41) is 1.27. The van der Waals surface area contributed by atoms with Gasteiger partial charge in [0.1, 0.15) is 17.2 Å². The Kier molecular flexibility index (Phi) is 4.35. The predicted molar refractivity (Wildman–Crippen MR) is 105 cm³/mol. The number of ether oxygens (including phenoxy) is 1. The number of anilines is 1. The van der Waals surface area contributed by atoms with Crippen LogP contribution >= 0.6 is 35.6 Å². The molecule has 2 aliphatic heterocycles. The number of hydrogen-bond donors (Lipinski definition) is 0. The number of hydrogen-bond acceptors (Lipinski definition) is 4. The average molecular weight is 391 g/mol.